The normalized spacial score (nSPS) is 15.9. The molecule has 0 aromatic heterocycles. The molecule has 0 saturated carbocycles. The Bertz CT molecular complexity index is 1010. The molecule has 1 fully saturated rings. The van der Waals surface area contributed by atoms with Gasteiger partial charge in [0.05, 0.1) is 23.3 Å². The number of alkyl halides is 3. The highest BCUT2D eigenvalue weighted by atomic mass is 32.2. The number of ether oxygens (including phenoxy) is 1. The van der Waals surface area contributed by atoms with Gasteiger partial charge in [0, 0.05) is 23.9 Å². The van der Waals surface area contributed by atoms with Gasteiger partial charge in [-0.15, -0.1) is 0 Å². The number of amidine groups is 1. The predicted octanol–water partition coefficient (Wildman–Crippen LogP) is 4.89. The number of aliphatic imine (C=N–C) groups is 1. The van der Waals surface area contributed by atoms with Gasteiger partial charge < -0.3 is 4.74 Å². The first-order valence-corrected chi connectivity index (χ1v) is 9.72. The zero-order chi connectivity index (χ0) is 21.9. The van der Waals surface area contributed by atoms with Crippen LogP contribution in [-0.4, -0.2) is 40.3 Å². The molecule has 0 N–H and O–H groups in total. The van der Waals surface area contributed by atoms with E-state index in [1.165, 1.54) is 48.0 Å². The minimum atomic E-state index is -4.51. The molecule has 11 heteroatoms. The van der Waals surface area contributed by atoms with Crippen molar-refractivity contribution in [3.05, 3.63) is 63.7 Å². The predicted molar refractivity (Wildman–Crippen MR) is 106 cm³/mol. The monoisotopic (exact) mass is 439 g/mol. The summed E-state index contributed by atoms with van der Waals surface area (Å²) in [4.78, 5) is 29.1. The summed E-state index contributed by atoms with van der Waals surface area (Å²) >= 11 is 1.24. The topological polar surface area (TPSA) is 85.0 Å². The maximum Gasteiger partial charge on any atom is 0.416 e. The number of nitro groups is 1. The molecule has 2 aromatic carbocycles. The number of carbonyl (C=O) groups excluding carboxylic acids is 1. The summed E-state index contributed by atoms with van der Waals surface area (Å²) in [6.07, 6.45) is -3.86. The number of hydrogen-bond donors (Lipinski definition) is 0. The number of nitro benzene ring substituents is 1. The number of halogens is 3. The minimum Gasteiger partial charge on any atom is -0.490 e. The van der Waals surface area contributed by atoms with Crippen molar-refractivity contribution < 1.29 is 27.6 Å². The Morgan fingerprint density at radius 3 is 2.70 bits per heavy atom. The molecule has 1 aliphatic heterocycles. The number of carbonyl (C=O) groups is 1. The summed E-state index contributed by atoms with van der Waals surface area (Å²) in [6, 6.07) is 8.34. The second-order valence-corrected chi connectivity index (χ2v) is 7.31. The second kappa shape index (κ2) is 8.74. The molecule has 0 unspecified atom stereocenters. The second-order valence-electron chi connectivity index (χ2n) is 6.25. The summed E-state index contributed by atoms with van der Waals surface area (Å²) in [5, 5.41) is 11.5. The molecule has 3 rings (SSSR count). The Labute approximate surface area is 173 Å². The smallest absolute Gasteiger partial charge is 0.416 e. The zero-order valence-electron chi connectivity index (χ0n) is 15.7. The Hall–Kier alpha value is -3.08. The van der Waals surface area contributed by atoms with E-state index in [0.29, 0.717) is 18.7 Å². The van der Waals surface area contributed by atoms with Gasteiger partial charge in [-0.3, -0.25) is 19.8 Å². The molecular weight excluding hydrogens is 423 g/mol. The van der Waals surface area contributed by atoms with Gasteiger partial charge in [-0.2, -0.15) is 13.2 Å². The van der Waals surface area contributed by atoms with Crippen LogP contribution in [0.15, 0.2) is 47.5 Å². The molecule has 1 saturated heterocycles. The Morgan fingerprint density at radius 2 is 2.03 bits per heavy atom. The molecule has 0 aliphatic carbocycles. The van der Waals surface area contributed by atoms with Crippen LogP contribution in [0.2, 0.25) is 0 Å². The van der Waals surface area contributed by atoms with Gasteiger partial charge >= 0.3 is 11.9 Å². The number of benzene rings is 2. The van der Waals surface area contributed by atoms with Crippen LogP contribution >= 0.6 is 11.8 Å². The molecular formula is C19H16F3N3O4S. The average Bonchev–Trinajstić information content (AvgIpc) is 2.72. The quantitative estimate of drug-likeness (QED) is 0.500. The maximum atomic E-state index is 13.0. The first kappa shape index (κ1) is 21.6. The molecule has 30 heavy (non-hydrogen) atoms. The van der Waals surface area contributed by atoms with E-state index in [-0.39, 0.29) is 27.9 Å². The van der Waals surface area contributed by atoms with Crippen molar-refractivity contribution in [3.8, 4) is 5.75 Å². The summed E-state index contributed by atoms with van der Waals surface area (Å²) in [7, 11) is 1.28. The summed E-state index contributed by atoms with van der Waals surface area (Å²) in [5.41, 5.74) is -1.08. The molecule has 0 radical (unpaired) electrons. The van der Waals surface area contributed by atoms with Crippen LogP contribution < -0.4 is 4.74 Å². The van der Waals surface area contributed by atoms with E-state index in [1.54, 1.807) is 0 Å². The van der Waals surface area contributed by atoms with Crippen LogP contribution in [0.3, 0.4) is 0 Å². The fourth-order valence-corrected chi connectivity index (χ4v) is 3.78. The van der Waals surface area contributed by atoms with Gasteiger partial charge in [0.1, 0.15) is 0 Å². The summed E-state index contributed by atoms with van der Waals surface area (Å²) < 4.78 is 43.8. The van der Waals surface area contributed by atoms with Crippen molar-refractivity contribution in [2.45, 2.75) is 12.6 Å². The lowest BCUT2D eigenvalue weighted by molar-refractivity contribution is -0.385. The van der Waals surface area contributed by atoms with Crippen molar-refractivity contribution in [2.24, 2.45) is 4.99 Å². The van der Waals surface area contributed by atoms with E-state index in [2.05, 4.69) is 4.99 Å². The first-order valence-electron chi connectivity index (χ1n) is 8.74. The molecule has 7 nitrogen and oxygen atoms in total. The number of hydrogen-bond acceptors (Lipinski definition) is 6. The van der Waals surface area contributed by atoms with Crippen LogP contribution in [0.5, 0.6) is 5.75 Å². The van der Waals surface area contributed by atoms with Crippen molar-refractivity contribution in [1.29, 1.82) is 0 Å². The molecule has 1 aliphatic rings. The van der Waals surface area contributed by atoms with Gasteiger partial charge in [-0.05, 0) is 36.8 Å². The van der Waals surface area contributed by atoms with Crippen molar-refractivity contribution in [1.82, 2.24) is 4.90 Å². The third-order valence-corrected chi connectivity index (χ3v) is 5.32. The van der Waals surface area contributed by atoms with E-state index in [1.807, 2.05) is 0 Å². The minimum absolute atomic E-state index is 0.0161. The van der Waals surface area contributed by atoms with Crippen molar-refractivity contribution >= 4 is 34.2 Å². The number of methoxy groups -OCH3 is 1. The molecule has 2 aromatic rings. The fraction of sp³-hybridized carbons (Fsp3) is 0.263. The number of amides is 1. The molecule has 0 spiro atoms. The van der Waals surface area contributed by atoms with E-state index in [9.17, 15) is 28.1 Å². The average molecular weight is 439 g/mol. The summed E-state index contributed by atoms with van der Waals surface area (Å²) in [5.74, 6) is 0.130. The van der Waals surface area contributed by atoms with Gasteiger partial charge in [-0.25, -0.2) is 4.99 Å². The third kappa shape index (κ3) is 4.73. The van der Waals surface area contributed by atoms with Crippen LogP contribution in [-0.2, 0) is 6.18 Å². The van der Waals surface area contributed by atoms with Gasteiger partial charge in [0.15, 0.2) is 10.9 Å². The highest BCUT2D eigenvalue weighted by Crippen LogP contribution is 2.33. The van der Waals surface area contributed by atoms with Crippen molar-refractivity contribution in [2.75, 3.05) is 19.4 Å². The highest BCUT2D eigenvalue weighted by molar-refractivity contribution is 8.13. The van der Waals surface area contributed by atoms with E-state index in [0.717, 1.165) is 18.2 Å². The zero-order valence-corrected chi connectivity index (χ0v) is 16.5. The largest absolute Gasteiger partial charge is 0.490 e. The Balaban J connectivity index is 1.95. The van der Waals surface area contributed by atoms with E-state index in [4.69, 9.17) is 4.74 Å². The third-order valence-electron chi connectivity index (χ3n) is 4.25. The lowest BCUT2D eigenvalue weighted by Gasteiger charge is -2.28. The SMILES string of the molecule is COc1ccc(C(=O)N2CCCSC2=Nc2cccc(C(F)(F)F)c2)cc1[N+](=O)[O-]. The van der Waals surface area contributed by atoms with Crippen LogP contribution in [0.1, 0.15) is 22.3 Å². The van der Waals surface area contributed by atoms with Crippen molar-refractivity contribution in [3.63, 3.8) is 0 Å². The van der Waals surface area contributed by atoms with Crippen LogP contribution in [0.4, 0.5) is 24.5 Å². The molecule has 0 bridgehead atoms. The molecule has 0 atom stereocenters. The Kier molecular flexibility index (Phi) is 6.30. The van der Waals surface area contributed by atoms with Gasteiger partial charge in [0.25, 0.3) is 5.91 Å². The highest BCUT2D eigenvalue weighted by Gasteiger charge is 2.31. The molecule has 1 heterocycles. The van der Waals surface area contributed by atoms with Crippen LogP contribution in [0.25, 0.3) is 0 Å². The number of rotatable bonds is 4. The summed E-state index contributed by atoms with van der Waals surface area (Å²) in [6.45, 7) is 0.295. The van der Waals surface area contributed by atoms with E-state index >= 15 is 0 Å². The standard InChI is InChI=1S/C19H16F3N3O4S/c1-29-16-7-6-12(10-15(16)25(27)28)17(26)24-8-3-9-30-18(24)23-14-5-2-4-13(11-14)19(20,21)22/h2,4-7,10-11H,3,8-9H2,1H3. The lowest BCUT2D eigenvalue weighted by Crippen LogP contribution is -2.39. The van der Waals surface area contributed by atoms with Gasteiger partial charge in [0.2, 0.25) is 0 Å². The molecule has 1 amide bonds. The lowest BCUT2D eigenvalue weighted by atomic mass is 10.1. The van der Waals surface area contributed by atoms with E-state index < -0.39 is 22.6 Å². The molecule has 158 valence electrons. The number of nitrogens with zero attached hydrogens (tertiary/aromatic N) is 3. The number of thioether (sulfide) groups is 1. The first-order chi connectivity index (χ1) is 14.2. The Morgan fingerprint density at radius 1 is 1.27 bits per heavy atom. The van der Waals surface area contributed by atoms with Crippen LogP contribution in [0, 0.1) is 10.1 Å². The maximum absolute atomic E-state index is 13.0. The fourth-order valence-electron chi connectivity index (χ4n) is 2.82. The van der Waals surface area contributed by atoms with Gasteiger partial charge in [-0.1, -0.05) is 17.8 Å².